The van der Waals surface area contributed by atoms with Crippen molar-refractivity contribution in [3.05, 3.63) is 34.1 Å². The lowest BCUT2D eigenvalue weighted by Crippen LogP contribution is -2.21. The van der Waals surface area contributed by atoms with Gasteiger partial charge < -0.3 is 10.3 Å². The van der Waals surface area contributed by atoms with Gasteiger partial charge in [0.25, 0.3) is 0 Å². The smallest absolute Gasteiger partial charge is 0.228 e. The Bertz CT molecular complexity index is 539. The average molecular weight is 310 g/mol. The zero-order chi connectivity index (χ0) is 13.1. The van der Waals surface area contributed by atoms with E-state index in [9.17, 15) is 0 Å². The van der Waals surface area contributed by atoms with Crippen LogP contribution in [0.25, 0.3) is 11.4 Å². The van der Waals surface area contributed by atoms with Gasteiger partial charge in [-0.1, -0.05) is 40.1 Å². The Morgan fingerprint density at radius 3 is 2.89 bits per heavy atom. The fourth-order valence-corrected chi connectivity index (χ4v) is 1.93. The number of benzene rings is 1. The molecule has 0 bridgehead atoms. The van der Waals surface area contributed by atoms with Crippen LogP contribution in [-0.4, -0.2) is 16.2 Å². The first-order valence-corrected chi connectivity index (χ1v) is 6.74. The molecule has 1 aromatic carbocycles. The van der Waals surface area contributed by atoms with E-state index in [1.807, 2.05) is 32.0 Å². The van der Waals surface area contributed by atoms with Gasteiger partial charge in [-0.2, -0.15) is 4.98 Å². The molecule has 96 valence electrons. The van der Waals surface area contributed by atoms with Gasteiger partial charge in [-0.15, -0.1) is 0 Å². The third-order valence-electron chi connectivity index (χ3n) is 2.86. The van der Waals surface area contributed by atoms with E-state index in [0.29, 0.717) is 18.1 Å². The molecule has 0 aliphatic heterocycles. The second kappa shape index (κ2) is 5.63. The van der Waals surface area contributed by atoms with Gasteiger partial charge in [-0.3, -0.25) is 0 Å². The first kappa shape index (κ1) is 13.2. The fraction of sp³-hybridized carbons (Fsp3) is 0.385. The molecule has 18 heavy (non-hydrogen) atoms. The molecule has 4 nitrogen and oxygen atoms in total. The molecule has 0 spiro atoms. The van der Waals surface area contributed by atoms with Crippen LogP contribution in [-0.2, 0) is 6.42 Å². The molecule has 1 heterocycles. The van der Waals surface area contributed by atoms with Crippen molar-refractivity contribution in [2.75, 3.05) is 0 Å². The molecule has 5 heteroatoms. The van der Waals surface area contributed by atoms with E-state index < -0.39 is 0 Å². The summed E-state index contributed by atoms with van der Waals surface area (Å²) in [6.07, 6.45) is 1.52. The summed E-state index contributed by atoms with van der Waals surface area (Å²) in [5.41, 5.74) is 7.98. The second-order valence-electron chi connectivity index (χ2n) is 4.35. The molecular formula is C13H16BrN3O. The highest BCUT2D eigenvalue weighted by Crippen LogP contribution is 2.23. The molecule has 2 rings (SSSR count). The minimum Gasteiger partial charge on any atom is -0.339 e. The number of nitrogens with two attached hydrogens (primary N) is 1. The molecule has 0 fully saturated rings. The van der Waals surface area contributed by atoms with Crippen LogP contribution in [0, 0.1) is 6.92 Å². The highest BCUT2D eigenvalue weighted by molar-refractivity contribution is 9.10. The lowest BCUT2D eigenvalue weighted by atomic mass is 10.1. The molecule has 0 aliphatic rings. The van der Waals surface area contributed by atoms with E-state index in [4.69, 9.17) is 10.3 Å². The number of rotatable bonds is 4. The number of nitrogens with zero attached hydrogens (tertiary/aromatic N) is 2. The average Bonchev–Trinajstić information content (AvgIpc) is 2.81. The van der Waals surface area contributed by atoms with Gasteiger partial charge in [0, 0.05) is 22.5 Å². The van der Waals surface area contributed by atoms with E-state index >= 15 is 0 Å². The van der Waals surface area contributed by atoms with Crippen molar-refractivity contribution >= 4 is 15.9 Å². The lowest BCUT2D eigenvalue weighted by molar-refractivity contribution is 0.368. The van der Waals surface area contributed by atoms with Gasteiger partial charge in [0.05, 0.1) is 0 Å². The minimum absolute atomic E-state index is 0.0723. The Labute approximate surface area is 115 Å². The van der Waals surface area contributed by atoms with Crippen LogP contribution in [0.3, 0.4) is 0 Å². The number of halogens is 1. The van der Waals surface area contributed by atoms with Gasteiger partial charge in [-0.05, 0) is 25.0 Å². The highest BCUT2D eigenvalue weighted by Gasteiger charge is 2.11. The standard InChI is InChI=1S/C13H16BrN3O/c1-3-10(15)7-12-16-13(17-18-12)9-5-4-8(2)11(14)6-9/h4-6,10H,3,7,15H2,1-2H3. The van der Waals surface area contributed by atoms with E-state index in [1.165, 1.54) is 5.56 Å². The third kappa shape index (κ3) is 2.97. The van der Waals surface area contributed by atoms with Crippen molar-refractivity contribution in [3.63, 3.8) is 0 Å². The second-order valence-corrected chi connectivity index (χ2v) is 5.20. The highest BCUT2D eigenvalue weighted by atomic mass is 79.9. The van der Waals surface area contributed by atoms with Crippen molar-refractivity contribution in [1.29, 1.82) is 0 Å². The van der Waals surface area contributed by atoms with E-state index in [1.54, 1.807) is 0 Å². The predicted molar refractivity (Wildman–Crippen MR) is 74.1 cm³/mol. The van der Waals surface area contributed by atoms with Crippen LogP contribution in [0.4, 0.5) is 0 Å². The van der Waals surface area contributed by atoms with Crippen LogP contribution in [0.5, 0.6) is 0 Å². The number of aryl methyl sites for hydroxylation is 1. The van der Waals surface area contributed by atoms with E-state index in [-0.39, 0.29) is 6.04 Å². The Kier molecular flexibility index (Phi) is 4.14. The van der Waals surface area contributed by atoms with Crippen molar-refractivity contribution in [2.24, 2.45) is 5.73 Å². The summed E-state index contributed by atoms with van der Waals surface area (Å²) < 4.78 is 6.24. The molecule has 1 aromatic heterocycles. The van der Waals surface area contributed by atoms with Crippen LogP contribution in [0.1, 0.15) is 24.8 Å². The first-order chi connectivity index (χ1) is 8.60. The topological polar surface area (TPSA) is 64.9 Å². The molecule has 1 unspecified atom stereocenters. The predicted octanol–water partition coefficient (Wildman–Crippen LogP) is 3.09. The molecule has 1 atom stereocenters. The zero-order valence-corrected chi connectivity index (χ0v) is 12.1. The van der Waals surface area contributed by atoms with Crippen LogP contribution < -0.4 is 5.73 Å². The number of hydrogen-bond donors (Lipinski definition) is 1. The largest absolute Gasteiger partial charge is 0.339 e. The van der Waals surface area contributed by atoms with Crippen molar-refractivity contribution < 1.29 is 4.52 Å². The first-order valence-electron chi connectivity index (χ1n) is 5.95. The number of hydrogen-bond acceptors (Lipinski definition) is 4. The Hall–Kier alpha value is -1.20. The van der Waals surface area contributed by atoms with Crippen molar-refractivity contribution in [3.8, 4) is 11.4 Å². The number of aromatic nitrogens is 2. The molecule has 2 aromatic rings. The molecular weight excluding hydrogens is 294 g/mol. The van der Waals surface area contributed by atoms with Crippen molar-refractivity contribution in [2.45, 2.75) is 32.7 Å². The van der Waals surface area contributed by atoms with Crippen LogP contribution in [0.2, 0.25) is 0 Å². The SMILES string of the molecule is CCC(N)Cc1nc(-c2ccc(C)c(Br)c2)no1. The molecule has 0 saturated heterocycles. The summed E-state index contributed by atoms with van der Waals surface area (Å²) in [4.78, 5) is 4.36. The maximum absolute atomic E-state index is 5.86. The van der Waals surface area contributed by atoms with E-state index in [2.05, 4.69) is 26.1 Å². The minimum atomic E-state index is 0.0723. The van der Waals surface area contributed by atoms with Gasteiger partial charge in [0.1, 0.15) is 0 Å². The Morgan fingerprint density at radius 1 is 1.44 bits per heavy atom. The van der Waals surface area contributed by atoms with E-state index in [0.717, 1.165) is 16.5 Å². The quantitative estimate of drug-likeness (QED) is 0.942. The maximum atomic E-state index is 5.86. The Morgan fingerprint density at radius 2 is 2.22 bits per heavy atom. The summed E-state index contributed by atoms with van der Waals surface area (Å²) >= 11 is 3.50. The fourth-order valence-electron chi connectivity index (χ4n) is 1.56. The lowest BCUT2D eigenvalue weighted by Gasteiger charge is -2.02. The summed E-state index contributed by atoms with van der Waals surface area (Å²) in [5.74, 6) is 1.20. The normalized spacial score (nSPS) is 12.7. The molecule has 0 amide bonds. The molecule has 0 aliphatic carbocycles. The summed E-state index contributed by atoms with van der Waals surface area (Å²) in [6, 6.07) is 6.06. The van der Waals surface area contributed by atoms with Crippen LogP contribution >= 0.6 is 15.9 Å². The van der Waals surface area contributed by atoms with Gasteiger partial charge in [0.15, 0.2) is 0 Å². The zero-order valence-electron chi connectivity index (χ0n) is 10.5. The monoisotopic (exact) mass is 309 g/mol. The molecule has 0 radical (unpaired) electrons. The van der Waals surface area contributed by atoms with Gasteiger partial charge >= 0.3 is 0 Å². The summed E-state index contributed by atoms with van der Waals surface area (Å²) in [5, 5.41) is 3.98. The van der Waals surface area contributed by atoms with Crippen LogP contribution in [0.15, 0.2) is 27.2 Å². The van der Waals surface area contributed by atoms with Gasteiger partial charge in [0.2, 0.25) is 11.7 Å². The van der Waals surface area contributed by atoms with Crippen molar-refractivity contribution in [1.82, 2.24) is 10.1 Å². The summed E-state index contributed by atoms with van der Waals surface area (Å²) in [6.45, 7) is 4.08. The molecule has 2 N–H and O–H groups in total. The maximum Gasteiger partial charge on any atom is 0.228 e. The molecule has 0 saturated carbocycles. The Balaban J connectivity index is 2.21. The summed E-state index contributed by atoms with van der Waals surface area (Å²) in [7, 11) is 0. The van der Waals surface area contributed by atoms with Gasteiger partial charge in [-0.25, -0.2) is 0 Å². The third-order valence-corrected chi connectivity index (χ3v) is 3.71.